The molecule has 0 saturated heterocycles. The lowest BCUT2D eigenvalue weighted by atomic mass is 10.1. The van der Waals surface area contributed by atoms with Crippen LogP contribution in [0.4, 0.5) is 0 Å². The van der Waals surface area contributed by atoms with E-state index < -0.39 is 0 Å². The lowest BCUT2D eigenvalue weighted by Gasteiger charge is -2.23. The van der Waals surface area contributed by atoms with E-state index in [1.807, 2.05) is 19.9 Å². The molecule has 0 aliphatic carbocycles. The summed E-state index contributed by atoms with van der Waals surface area (Å²) < 4.78 is 5.35. The molecule has 0 bridgehead atoms. The first-order valence-corrected chi connectivity index (χ1v) is 2.92. The Kier molecular flexibility index (Phi) is 1.39. The molecule has 1 aliphatic heterocycles. The summed E-state index contributed by atoms with van der Waals surface area (Å²) >= 11 is 0. The van der Waals surface area contributed by atoms with Crippen LogP contribution in [0.3, 0.4) is 0 Å². The van der Waals surface area contributed by atoms with Gasteiger partial charge in [-0.15, -0.1) is 0 Å². The Labute approximate surface area is 50.3 Å². The lowest BCUT2D eigenvalue weighted by Crippen LogP contribution is -2.24. The van der Waals surface area contributed by atoms with Gasteiger partial charge in [0, 0.05) is 0 Å². The van der Waals surface area contributed by atoms with Crippen molar-refractivity contribution < 1.29 is 4.74 Å². The van der Waals surface area contributed by atoms with Gasteiger partial charge in [0.1, 0.15) is 0 Å². The first kappa shape index (κ1) is 5.83. The first-order chi connectivity index (χ1) is 3.71. The number of hydrogen-bond acceptors (Lipinski definition) is 1. The molecule has 0 saturated carbocycles. The molecule has 0 aromatic rings. The summed E-state index contributed by atoms with van der Waals surface area (Å²) in [6.45, 7) is 4.90. The highest BCUT2D eigenvalue weighted by atomic mass is 16.5. The molecule has 0 spiro atoms. The van der Waals surface area contributed by atoms with Gasteiger partial charge in [0.25, 0.3) is 0 Å². The number of ether oxygens (including phenoxy) is 1. The van der Waals surface area contributed by atoms with E-state index in [9.17, 15) is 0 Å². The Balaban J connectivity index is 2.56. The number of hydrogen-bond donors (Lipinski definition) is 0. The Bertz CT molecular complexity index is 103. The van der Waals surface area contributed by atoms with E-state index in [0.717, 1.165) is 13.0 Å². The smallest absolute Gasteiger partial charge is 0.0812 e. The average Bonchev–Trinajstić information content (AvgIpc) is 1.65. The summed E-state index contributed by atoms with van der Waals surface area (Å²) in [6, 6.07) is 0. The van der Waals surface area contributed by atoms with E-state index in [0.29, 0.717) is 0 Å². The molecule has 1 radical (unpaired) electrons. The van der Waals surface area contributed by atoms with Crippen LogP contribution in [0.5, 0.6) is 0 Å². The zero-order valence-electron chi connectivity index (χ0n) is 5.40. The van der Waals surface area contributed by atoms with Gasteiger partial charge < -0.3 is 4.74 Å². The molecule has 0 fully saturated rings. The van der Waals surface area contributed by atoms with Crippen molar-refractivity contribution in [3.05, 3.63) is 12.2 Å². The second kappa shape index (κ2) is 1.90. The third-order valence-electron chi connectivity index (χ3n) is 1.17. The van der Waals surface area contributed by atoms with E-state index in [4.69, 9.17) is 4.74 Å². The third kappa shape index (κ3) is 1.34. The van der Waals surface area contributed by atoms with Crippen LogP contribution in [0.2, 0.25) is 0 Å². The van der Waals surface area contributed by atoms with Crippen LogP contribution in [0.25, 0.3) is 0 Å². The summed E-state index contributed by atoms with van der Waals surface area (Å²) in [6.07, 6.45) is 6.06. The summed E-state index contributed by atoms with van der Waals surface area (Å²) in [4.78, 5) is 0. The average molecular weight is 111 g/mol. The summed E-state index contributed by atoms with van der Waals surface area (Å²) in [7, 11) is 0. The fraction of sp³-hybridized carbons (Fsp3) is 0.714. The van der Waals surface area contributed by atoms with E-state index in [1.165, 1.54) is 0 Å². The van der Waals surface area contributed by atoms with Gasteiger partial charge in [-0.1, -0.05) is 0 Å². The standard InChI is InChI=1S/C7H11O/c1-7(2)5-3-4-6-8-7/h5H,4,6H2,1-2H3. The van der Waals surface area contributed by atoms with E-state index in [1.54, 1.807) is 0 Å². The lowest BCUT2D eigenvalue weighted by molar-refractivity contribution is 0.0124. The molecule has 1 heterocycles. The predicted octanol–water partition coefficient (Wildman–Crippen LogP) is 1.54. The molecule has 0 unspecified atom stereocenters. The highest BCUT2D eigenvalue weighted by Gasteiger charge is 2.15. The molecule has 0 amide bonds. The quantitative estimate of drug-likeness (QED) is 0.460. The Hall–Kier alpha value is -0.300. The van der Waals surface area contributed by atoms with Gasteiger partial charge in [-0.3, -0.25) is 0 Å². The Morgan fingerprint density at radius 1 is 1.62 bits per heavy atom. The molecular formula is C7H11O. The van der Waals surface area contributed by atoms with Crippen LogP contribution in [-0.4, -0.2) is 12.2 Å². The Morgan fingerprint density at radius 2 is 2.38 bits per heavy atom. The van der Waals surface area contributed by atoms with Crippen molar-refractivity contribution in [1.29, 1.82) is 0 Å². The number of rotatable bonds is 0. The van der Waals surface area contributed by atoms with Crippen LogP contribution < -0.4 is 0 Å². The third-order valence-corrected chi connectivity index (χ3v) is 1.17. The van der Waals surface area contributed by atoms with E-state index >= 15 is 0 Å². The molecule has 1 heteroatoms. The van der Waals surface area contributed by atoms with Crippen LogP contribution in [-0.2, 0) is 4.74 Å². The van der Waals surface area contributed by atoms with Crippen LogP contribution in [0.15, 0.2) is 6.08 Å². The molecule has 0 aromatic carbocycles. The fourth-order valence-corrected chi connectivity index (χ4v) is 0.733. The fourth-order valence-electron chi connectivity index (χ4n) is 0.733. The van der Waals surface area contributed by atoms with Gasteiger partial charge in [-0.05, 0) is 32.4 Å². The van der Waals surface area contributed by atoms with Gasteiger partial charge >= 0.3 is 0 Å². The maximum Gasteiger partial charge on any atom is 0.0812 e. The monoisotopic (exact) mass is 111 g/mol. The largest absolute Gasteiger partial charge is 0.371 e. The molecule has 0 aromatic heterocycles. The molecule has 1 nitrogen and oxygen atoms in total. The minimum absolute atomic E-state index is 0.0573. The molecule has 8 heavy (non-hydrogen) atoms. The SMILES string of the molecule is CC1(C)C=[C]CCO1. The second-order valence-electron chi connectivity index (χ2n) is 2.55. The van der Waals surface area contributed by atoms with Crippen molar-refractivity contribution in [3.8, 4) is 0 Å². The van der Waals surface area contributed by atoms with Crippen molar-refractivity contribution in [2.75, 3.05) is 6.61 Å². The van der Waals surface area contributed by atoms with Gasteiger partial charge in [-0.25, -0.2) is 0 Å². The molecule has 1 aliphatic rings. The molecule has 0 atom stereocenters. The molecular weight excluding hydrogens is 100 g/mol. The van der Waals surface area contributed by atoms with Crippen molar-refractivity contribution in [1.82, 2.24) is 0 Å². The van der Waals surface area contributed by atoms with Gasteiger partial charge in [0.05, 0.1) is 12.2 Å². The normalized spacial score (nSPS) is 25.8. The second-order valence-corrected chi connectivity index (χ2v) is 2.55. The highest BCUT2D eigenvalue weighted by Crippen LogP contribution is 2.14. The van der Waals surface area contributed by atoms with Crippen molar-refractivity contribution >= 4 is 0 Å². The minimum Gasteiger partial charge on any atom is -0.371 e. The highest BCUT2D eigenvalue weighted by molar-refractivity contribution is 4.94. The van der Waals surface area contributed by atoms with Crippen molar-refractivity contribution in [2.45, 2.75) is 25.9 Å². The van der Waals surface area contributed by atoms with Crippen LogP contribution in [0.1, 0.15) is 20.3 Å². The van der Waals surface area contributed by atoms with E-state index in [2.05, 4.69) is 6.08 Å². The maximum atomic E-state index is 5.35. The van der Waals surface area contributed by atoms with Crippen molar-refractivity contribution in [3.63, 3.8) is 0 Å². The van der Waals surface area contributed by atoms with Gasteiger partial charge in [0.2, 0.25) is 0 Å². The van der Waals surface area contributed by atoms with E-state index in [-0.39, 0.29) is 5.60 Å². The first-order valence-electron chi connectivity index (χ1n) is 2.92. The van der Waals surface area contributed by atoms with Gasteiger partial charge in [-0.2, -0.15) is 0 Å². The van der Waals surface area contributed by atoms with Crippen molar-refractivity contribution in [2.24, 2.45) is 0 Å². The topological polar surface area (TPSA) is 9.23 Å². The van der Waals surface area contributed by atoms with Crippen LogP contribution in [0, 0.1) is 6.08 Å². The maximum absolute atomic E-state index is 5.35. The predicted molar refractivity (Wildman–Crippen MR) is 32.5 cm³/mol. The Morgan fingerprint density at radius 3 is 2.62 bits per heavy atom. The minimum atomic E-state index is -0.0573. The van der Waals surface area contributed by atoms with Gasteiger partial charge in [0.15, 0.2) is 0 Å². The summed E-state index contributed by atoms with van der Waals surface area (Å²) in [5.74, 6) is 0. The zero-order chi connectivity index (χ0) is 6.04. The molecule has 0 N–H and O–H groups in total. The zero-order valence-corrected chi connectivity index (χ0v) is 5.40. The molecule has 45 valence electrons. The summed E-state index contributed by atoms with van der Waals surface area (Å²) in [5.41, 5.74) is -0.0573. The van der Waals surface area contributed by atoms with Crippen LogP contribution >= 0.6 is 0 Å². The molecule has 1 rings (SSSR count). The summed E-state index contributed by atoms with van der Waals surface area (Å²) in [5, 5.41) is 0.